The normalized spacial score (nSPS) is 18.5. The van der Waals surface area contributed by atoms with Crippen molar-refractivity contribution in [1.82, 2.24) is 45.5 Å². The number of nitrogens with one attached hydrogen (secondary N) is 2. The van der Waals surface area contributed by atoms with Gasteiger partial charge in [-0.3, -0.25) is 29.0 Å². The van der Waals surface area contributed by atoms with Gasteiger partial charge in [-0.25, -0.2) is 14.3 Å². The summed E-state index contributed by atoms with van der Waals surface area (Å²) in [6.45, 7) is 2.35. The molecule has 4 heterocycles. The number of carbonyl (C=O) groups excluding carboxylic acids is 6. The van der Waals surface area contributed by atoms with Gasteiger partial charge in [0.25, 0.3) is 5.91 Å². The molecule has 0 spiro atoms. The van der Waals surface area contributed by atoms with Crippen molar-refractivity contribution in [3.05, 3.63) is 118 Å². The fourth-order valence-electron chi connectivity index (χ4n) is 6.78. The van der Waals surface area contributed by atoms with E-state index in [1.807, 2.05) is 60.7 Å². The van der Waals surface area contributed by atoms with Gasteiger partial charge in [-0.15, -0.1) is 16.9 Å². The lowest BCUT2D eigenvalue weighted by molar-refractivity contribution is -0.155. The fourth-order valence-corrected chi connectivity index (χ4v) is 9.11. The first-order valence-electron chi connectivity index (χ1n) is 18.4. The molecule has 3 aliphatic rings. The van der Waals surface area contributed by atoms with Crippen LogP contribution in [0.4, 0.5) is 4.79 Å². The number of hydrogen-bond acceptors (Lipinski definition) is 13. The highest BCUT2D eigenvalue weighted by Gasteiger charge is 2.55. The highest BCUT2D eigenvalue weighted by atomic mass is 32.2. The van der Waals surface area contributed by atoms with Crippen LogP contribution >= 0.6 is 23.5 Å². The molecule has 2 saturated heterocycles. The molecular formula is C39H40N10O7S2. The minimum atomic E-state index is -1.37. The number of nitrogens with zero attached hydrogens (tertiary/aromatic N) is 7. The van der Waals surface area contributed by atoms with Gasteiger partial charge in [0.15, 0.2) is 6.10 Å². The van der Waals surface area contributed by atoms with Crippen LogP contribution in [0.3, 0.4) is 0 Å². The van der Waals surface area contributed by atoms with Crippen molar-refractivity contribution in [2.75, 3.05) is 31.1 Å². The highest BCUT2D eigenvalue weighted by molar-refractivity contribution is 8.01. The van der Waals surface area contributed by atoms with E-state index in [0.29, 0.717) is 28.6 Å². The second-order valence-electron chi connectivity index (χ2n) is 13.5. The lowest BCUT2D eigenvalue weighted by atomic mass is 9.99. The van der Waals surface area contributed by atoms with Crippen LogP contribution in [-0.4, -0.2) is 113 Å². The number of amides is 6. The molecule has 0 aliphatic carbocycles. The third kappa shape index (κ3) is 8.18. The van der Waals surface area contributed by atoms with E-state index in [-0.39, 0.29) is 31.1 Å². The Morgan fingerprint density at radius 2 is 1.60 bits per heavy atom. The standard InChI is InChI=1S/C39H40N10O7S2/c1-3-47-18-19-48(35(53)34(47)52)38(55)42-28(24-16-14-23(20-40)15-17-24)32(50)41-29-33(51)49-30(27(21-57-36(29)49)22-58-39-43-44-45-46(39)2)37(54)56-31(25-10-6-4-7-11-25)26-12-8-5-9-13-26/h4-17,28-29,31,36H,3,18-22,40H2,1-2H3,(H,41,50)(H,42,55)/t28-,29-,36+/m1/s1. The summed E-state index contributed by atoms with van der Waals surface area (Å²) in [5.41, 5.74) is 9.06. The van der Waals surface area contributed by atoms with Crippen LogP contribution < -0.4 is 16.4 Å². The molecule has 3 aliphatic heterocycles. The van der Waals surface area contributed by atoms with E-state index in [4.69, 9.17) is 10.5 Å². The van der Waals surface area contributed by atoms with Gasteiger partial charge in [0.05, 0.1) is 0 Å². The molecule has 3 aromatic carbocycles. The predicted octanol–water partition coefficient (Wildman–Crippen LogP) is 1.89. The maximum Gasteiger partial charge on any atom is 0.356 e. The van der Waals surface area contributed by atoms with E-state index < -0.39 is 59.2 Å². The molecule has 1 aromatic heterocycles. The quantitative estimate of drug-likeness (QED) is 0.0762. The van der Waals surface area contributed by atoms with Crippen molar-refractivity contribution in [1.29, 1.82) is 0 Å². The number of rotatable bonds is 13. The molecule has 4 aromatic rings. The maximum atomic E-state index is 14.4. The monoisotopic (exact) mass is 824 g/mol. The average molecular weight is 825 g/mol. The Bertz CT molecular complexity index is 2200. The van der Waals surface area contributed by atoms with Gasteiger partial charge in [-0.1, -0.05) is 96.7 Å². The molecule has 19 heteroatoms. The Morgan fingerprint density at radius 1 is 0.931 bits per heavy atom. The number of β-lactam (4-membered cyclic amide) rings is 1. The molecule has 2 fully saturated rings. The zero-order valence-corrected chi connectivity index (χ0v) is 33.2. The van der Waals surface area contributed by atoms with Crippen LogP contribution in [0.25, 0.3) is 0 Å². The molecular weight excluding hydrogens is 785 g/mol. The number of ether oxygens (including phenoxy) is 1. The largest absolute Gasteiger partial charge is 0.448 e. The summed E-state index contributed by atoms with van der Waals surface area (Å²) < 4.78 is 7.76. The lowest BCUT2D eigenvalue weighted by Gasteiger charge is -2.50. The zero-order chi connectivity index (χ0) is 40.9. The van der Waals surface area contributed by atoms with Gasteiger partial charge >= 0.3 is 23.8 Å². The number of urea groups is 1. The summed E-state index contributed by atoms with van der Waals surface area (Å²) in [4.78, 5) is 85.1. The number of carbonyl (C=O) groups is 6. The van der Waals surface area contributed by atoms with E-state index in [2.05, 4.69) is 26.2 Å². The molecule has 0 saturated carbocycles. The number of piperazine rings is 1. The van der Waals surface area contributed by atoms with Gasteiger partial charge in [-0.05, 0) is 45.2 Å². The molecule has 300 valence electrons. The molecule has 58 heavy (non-hydrogen) atoms. The molecule has 17 nitrogen and oxygen atoms in total. The molecule has 7 rings (SSSR count). The summed E-state index contributed by atoms with van der Waals surface area (Å²) in [7, 11) is 1.69. The second-order valence-corrected chi connectivity index (χ2v) is 15.5. The van der Waals surface area contributed by atoms with Crippen molar-refractivity contribution < 1.29 is 33.5 Å². The van der Waals surface area contributed by atoms with Crippen LogP contribution in [0.5, 0.6) is 0 Å². The number of esters is 1. The minimum Gasteiger partial charge on any atom is -0.448 e. The Hall–Kier alpha value is -6.05. The Kier molecular flexibility index (Phi) is 12.2. The Morgan fingerprint density at radius 3 is 2.21 bits per heavy atom. The van der Waals surface area contributed by atoms with Crippen LogP contribution in [0, 0.1) is 0 Å². The van der Waals surface area contributed by atoms with Gasteiger partial charge in [0, 0.05) is 44.7 Å². The van der Waals surface area contributed by atoms with Crippen LogP contribution in [0.1, 0.15) is 41.3 Å². The number of benzene rings is 3. The second kappa shape index (κ2) is 17.6. The maximum absolute atomic E-state index is 14.4. The average Bonchev–Trinajstić information content (AvgIpc) is 3.67. The summed E-state index contributed by atoms with van der Waals surface area (Å²) in [5, 5.41) is 16.8. The smallest absolute Gasteiger partial charge is 0.356 e. The van der Waals surface area contributed by atoms with Crippen LogP contribution in [0.15, 0.2) is 101 Å². The van der Waals surface area contributed by atoms with Crippen LogP contribution in [0.2, 0.25) is 0 Å². The molecule has 6 amide bonds. The number of hydrogen-bond donors (Lipinski definition) is 3. The van der Waals surface area contributed by atoms with E-state index >= 15 is 0 Å². The highest BCUT2D eigenvalue weighted by Crippen LogP contribution is 2.43. The topological polar surface area (TPSA) is 215 Å². The number of likely N-dealkylation sites (N-methyl/N-ethyl adjacent to an activating group) is 1. The molecule has 0 bridgehead atoms. The Labute approximate surface area is 341 Å². The number of fused-ring (bicyclic) bond motifs is 1. The van der Waals surface area contributed by atoms with Gasteiger partial charge in [-0.2, -0.15) is 0 Å². The van der Waals surface area contributed by atoms with Crippen molar-refractivity contribution in [3.8, 4) is 0 Å². The lowest BCUT2D eigenvalue weighted by Crippen LogP contribution is -2.71. The molecule has 3 atom stereocenters. The number of thioether (sulfide) groups is 2. The number of nitrogens with two attached hydrogens (primary N) is 1. The van der Waals surface area contributed by atoms with Gasteiger partial charge in [0.2, 0.25) is 11.1 Å². The van der Waals surface area contributed by atoms with E-state index in [0.717, 1.165) is 21.6 Å². The van der Waals surface area contributed by atoms with Crippen LogP contribution in [-0.2, 0) is 42.3 Å². The number of imide groups is 1. The van der Waals surface area contributed by atoms with E-state index in [1.54, 1.807) is 38.2 Å². The third-order valence-electron chi connectivity index (χ3n) is 9.94. The third-order valence-corrected chi connectivity index (χ3v) is 12.4. The summed E-state index contributed by atoms with van der Waals surface area (Å²) in [6.07, 6.45) is -0.790. The van der Waals surface area contributed by atoms with Gasteiger partial charge in [0.1, 0.15) is 23.2 Å². The summed E-state index contributed by atoms with van der Waals surface area (Å²) >= 11 is 2.65. The minimum absolute atomic E-state index is 0.0616. The summed E-state index contributed by atoms with van der Waals surface area (Å²) in [6, 6.07) is 21.8. The van der Waals surface area contributed by atoms with Crippen molar-refractivity contribution in [3.63, 3.8) is 0 Å². The first-order valence-corrected chi connectivity index (χ1v) is 20.5. The number of aryl methyl sites for hydroxylation is 1. The summed E-state index contributed by atoms with van der Waals surface area (Å²) in [5.74, 6) is -3.28. The van der Waals surface area contributed by atoms with Crippen molar-refractivity contribution >= 4 is 59.2 Å². The SMILES string of the molecule is CCN1CCN(C(=O)N[C@@H](C(=O)N[C@@H]2C(=O)N3C(C(=O)OC(c4ccccc4)c4ccccc4)=C(CSc4nnnn4C)CS[C@@H]23)c2ccc(CN)cc2)C(=O)C1=O. The Balaban J connectivity index is 1.14. The number of aromatic nitrogens is 4. The van der Waals surface area contributed by atoms with Gasteiger partial charge < -0.3 is 26.0 Å². The van der Waals surface area contributed by atoms with E-state index in [9.17, 15) is 28.8 Å². The predicted molar refractivity (Wildman–Crippen MR) is 212 cm³/mol. The molecule has 0 radical (unpaired) electrons. The molecule has 4 N–H and O–H groups in total. The van der Waals surface area contributed by atoms with E-state index in [1.165, 1.54) is 38.0 Å². The number of tetrazole rings is 1. The fraction of sp³-hybridized carbons (Fsp3) is 0.308. The zero-order valence-electron chi connectivity index (χ0n) is 31.5. The van der Waals surface area contributed by atoms with Crippen molar-refractivity contribution in [2.24, 2.45) is 12.8 Å². The van der Waals surface area contributed by atoms with Crippen molar-refractivity contribution in [2.45, 2.75) is 42.2 Å². The first-order chi connectivity index (χ1) is 28.1. The molecule has 0 unspecified atom stereocenters. The first kappa shape index (κ1) is 40.2.